The Labute approximate surface area is 125 Å². The van der Waals surface area contributed by atoms with Gasteiger partial charge in [-0.2, -0.15) is 0 Å². The number of hydrogen-bond acceptors (Lipinski definition) is 3. The van der Waals surface area contributed by atoms with Crippen molar-refractivity contribution in [3.05, 3.63) is 59.2 Å². The van der Waals surface area contributed by atoms with Gasteiger partial charge in [-0.1, -0.05) is 30.3 Å². The van der Waals surface area contributed by atoms with Crippen LogP contribution in [0.25, 0.3) is 0 Å². The standard InChI is InChI=1S/C18H20N2O/c1-2-4-18-16(3-1)13-20(9-10-21-18)12-14-5-6-15-7-8-19-17(15)11-14/h1-6,11,19H,7-10,12-13H2. The van der Waals surface area contributed by atoms with E-state index in [1.807, 2.05) is 6.07 Å². The molecule has 1 N–H and O–H groups in total. The molecule has 2 aliphatic rings. The van der Waals surface area contributed by atoms with E-state index in [2.05, 4.69) is 46.6 Å². The molecule has 0 saturated heterocycles. The second-order valence-corrected chi connectivity index (χ2v) is 5.84. The van der Waals surface area contributed by atoms with Crippen LogP contribution >= 0.6 is 0 Å². The number of rotatable bonds is 2. The Morgan fingerprint density at radius 2 is 2.05 bits per heavy atom. The van der Waals surface area contributed by atoms with Crippen molar-refractivity contribution < 1.29 is 4.74 Å². The van der Waals surface area contributed by atoms with Crippen molar-refractivity contribution in [1.29, 1.82) is 0 Å². The average Bonchev–Trinajstić information content (AvgIpc) is 2.87. The van der Waals surface area contributed by atoms with Crippen LogP contribution in [-0.2, 0) is 19.5 Å². The monoisotopic (exact) mass is 280 g/mol. The van der Waals surface area contributed by atoms with Crippen molar-refractivity contribution in [2.75, 3.05) is 25.0 Å². The highest BCUT2D eigenvalue weighted by Crippen LogP contribution is 2.26. The number of nitrogens with zero attached hydrogens (tertiary/aromatic N) is 1. The summed E-state index contributed by atoms with van der Waals surface area (Å²) in [4.78, 5) is 2.46. The highest BCUT2D eigenvalue weighted by Gasteiger charge is 2.16. The highest BCUT2D eigenvalue weighted by atomic mass is 16.5. The van der Waals surface area contributed by atoms with E-state index in [0.29, 0.717) is 0 Å². The molecule has 0 spiro atoms. The summed E-state index contributed by atoms with van der Waals surface area (Å²) in [5, 5.41) is 3.46. The number of hydrogen-bond donors (Lipinski definition) is 1. The Morgan fingerprint density at radius 1 is 1.10 bits per heavy atom. The maximum atomic E-state index is 5.84. The molecule has 2 aromatic rings. The first-order valence-electron chi connectivity index (χ1n) is 7.67. The van der Waals surface area contributed by atoms with E-state index in [4.69, 9.17) is 4.74 Å². The normalized spacial score (nSPS) is 17.3. The maximum absolute atomic E-state index is 5.84. The van der Waals surface area contributed by atoms with Crippen LogP contribution < -0.4 is 10.1 Å². The van der Waals surface area contributed by atoms with Gasteiger partial charge in [0.05, 0.1) is 0 Å². The molecule has 0 bridgehead atoms. The lowest BCUT2D eigenvalue weighted by atomic mass is 10.1. The van der Waals surface area contributed by atoms with Crippen molar-refractivity contribution in [1.82, 2.24) is 4.90 Å². The van der Waals surface area contributed by atoms with Gasteiger partial charge in [-0.05, 0) is 29.7 Å². The molecule has 0 radical (unpaired) electrons. The van der Waals surface area contributed by atoms with Crippen LogP contribution in [0.1, 0.15) is 16.7 Å². The van der Waals surface area contributed by atoms with Gasteiger partial charge in [0.2, 0.25) is 0 Å². The minimum atomic E-state index is 0.764. The average molecular weight is 280 g/mol. The minimum Gasteiger partial charge on any atom is -0.492 e. The Morgan fingerprint density at radius 3 is 3.05 bits per heavy atom. The van der Waals surface area contributed by atoms with E-state index in [-0.39, 0.29) is 0 Å². The Bertz CT molecular complexity index is 653. The number of para-hydroxylation sites is 1. The third-order valence-electron chi connectivity index (χ3n) is 4.32. The molecular formula is C18H20N2O. The second kappa shape index (κ2) is 5.41. The van der Waals surface area contributed by atoms with Gasteiger partial charge in [0.15, 0.2) is 0 Å². The molecular weight excluding hydrogens is 260 g/mol. The molecule has 2 heterocycles. The summed E-state index contributed by atoms with van der Waals surface area (Å²) in [5.74, 6) is 1.04. The number of benzene rings is 2. The summed E-state index contributed by atoms with van der Waals surface area (Å²) in [6, 6.07) is 15.2. The summed E-state index contributed by atoms with van der Waals surface area (Å²) in [6.45, 7) is 4.75. The summed E-state index contributed by atoms with van der Waals surface area (Å²) in [7, 11) is 0. The first-order valence-corrected chi connectivity index (χ1v) is 7.67. The van der Waals surface area contributed by atoms with Gasteiger partial charge in [-0.15, -0.1) is 0 Å². The molecule has 21 heavy (non-hydrogen) atoms. The maximum Gasteiger partial charge on any atom is 0.123 e. The number of fused-ring (bicyclic) bond motifs is 2. The molecule has 0 amide bonds. The van der Waals surface area contributed by atoms with E-state index in [1.54, 1.807) is 0 Å². The quantitative estimate of drug-likeness (QED) is 0.915. The van der Waals surface area contributed by atoms with Crippen LogP contribution in [0.2, 0.25) is 0 Å². The molecule has 0 atom stereocenters. The topological polar surface area (TPSA) is 24.5 Å². The third-order valence-corrected chi connectivity index (χ3v) is 4.32. The Hall–Kier alpha value is -2.00. The van der Waals surface area contributed by atoms with Crippen molar-refractivity contribution in [3.63, 3.8) is 0 Å². The molecule has 108 valence electrons. The van der Waals surface area contributed by atoms with E-state index in [0.717, 1.165) is 45.0 Å². The molecule has 0 aromatic heterocycles. The third kappa shape index (κ3) is 2.61. The molecule has 3 nitrogen and oxygen atoms in total. The van der Waals surface area contributed by atoms with Crippen LogP contribution in [0.3, 0.4) is 0 Å². The van der Waals surface area contributed by atoms with Gasteiger partial charge in [0.25, 0.3) is 0 Å². The highest BCUT2D eigenvalue weighted by molar-refractivity contribution is 5.57. The SMILES string of the molecule is c1ccc2c(c1)CN(Cc1ccc3c(c1)NCC3)CCO2. The summed E-state index contributed by atoms with van der Waals surface area (Å²) in [6.07, 6.45) is 1.15. The van der Waals surface area contributed by atoms with E-state index >= 15 is 0 Å². The molecule has 0 fully saturated rings. The van der Waals surface area contributed by atoms with Gasteiger partial charge >= 0.3 is 0 Å². The van der Waals surface area contributed by atoms with Crippen molar-refractivity contribution in [2.45, 2.75) is 19.5 Å². The lowest BCUT2D eigenvalue weighted by Gasteiger charge is -2.19. The zero-order valence-electron chi connectivity index (χ0n) is 12.1. The summed E-state index contributed by atoms with van der Waals surface area (Å²) >= 11 is 0. The van der Waals surface area contributed by atoms with Crippen molar-refractivity contribution >= 4 is 5.69 Å². The largest absolute Gasteiger partial charge is 0.492 e. The fourth-order valence-corrected chi connectivity index (χ4v) is 3.21. The molecule has 0 unspecified atom stereocenters. The molecule has 2 aliphatic heterocycles. The van der Waals surface area contributed by atoms with Crippen LogP contribution in [0, 0.1) is 0 Å². The molecule has 0 saturated carbocycles. The summed E-state index contributed by atoms with van der Waals surface area (Å²) < 4.78 is 5.84. The number of ether oxygens (including phenoxy) is 1. The van der Waals surface area contributed by atoms with E-state index in [9.17, 15) is 0 Å². The predicted molar refractivity (Wildman–Crippen MR) is 84.7 cm³/mol. The fraction of sp³-hybridized carbons (Fsp3) is 0.333. The van der Waals surface area contributed by atoms with Gasteiger partial charge in [-0.3, -0.25) is 4.90 Å². The molecule has 4 rings (SSSR count). The van der Waals surface area contributed by atoms with E-state index in [1.165, 1.54) is 22.4 Å². The Balaban J connectivity index is 1.52. The van der Waals surface area contributed by atoms with Gasteiger partial charge in [-0.25, -0.2) is 0 Å². The molecule has 2 aromatic carbocycles. The van der Waals surface area contributed by atoms with Crippen molar-refractivity contribution in [3.8, 4) is 5.75 Å². The van der Waals surface area contributed by atoms with Gasteiger partial charge in [0.1, 0.15) is 12.4 Å². The zero-order chi connectivity index (χ0) is 14.1. The van der Waals surface area contributed by atoms with Crippen molar-refractivity contribution in [2.24, 2.45) is 0 Å². The van der Waals surface area contributed by atoms with Crippen LogP contribution in [-0.4, -0.2) is 24.6 Å². The first-order chi connectivity index (χ1) is 10.4. The number of nitrogens with one attached hydrogen (secondary N) is 1. The second-order valence-electron chi connectivity index (χ2n) is 5.84. The molecule has 0 aliphatic carbocycles. The molecule has 3 heteroatoms. The first kappa shape index (κ1) is 12.7. The lowest BCUT2D eigenvalue weighted by molar-refractivity contribution is 0.219. The minimum absolute atomic E-state index is 0.764. The zero-order valence-corrected chi connectivity index (χ0v) is 12.1. The van der Waals surface area contributed by atoms with Gasteiger partial charge < -0.3 is 10.1 Å². The Kier molecular flexibility index (Phi) is 3.28. The number of anilines is 1. The van der Waals surface area contributed by atoms with Gasteiger partial charge in [0, 0.05) is 37.4 Å². The predicted octanol–water partition coefficient (Wildman–Crippen LogP) is 3.05. The van der Waals surface area contributed by atoms with Crippen LogP contribution in [0.15, 0.2) is 42.5 Å². The van der Waals surface area contributed by atoms with E-state index < -0.39 is 0 Å². The van der Waals surface area contributed by atoms with Crippen LogP contribution in [0.4, 0.5) is 5.69 Å². The summed E-state index contributed by atoms with van der Waals surface area (Å²) in [5.41, 5.74) is 5.43. The smallest absolute Gasteiger partial charge is 0.123 e. The lowest BCUT2D eigenvalue weighted by Crippen LogP contribution is -2.25. The fourth-order valence-electron chi connectivity index (χ4n) is 3.21. The van der Waals surface area contributed by atoms with Crippen LogP contribution in [0.5, 0.6) is 5.75 Å².